The molecule has 1 aromatic carbocycles. The SMILES string of the molecule is O=C1Cc2ccc(Cl)cc2N1CC=CCS. The molecule has 4 heteroatoms. The number of carbonyl (C=O) groups is 1. The van der Waals surface area contributed by atoms with E-state index in [1.165, 1.54) is 0 Å². The minimum atomic E-state index is 0.126. The van der Waals surface area contributed by atoms with Crippen LogP contribution in [0.5, 0.6) is 0 Å². The quantitative estimate of drug-likeness (QED) is 0.649. The number of amides is 1. The van der Waals surface area contributed by atoms with Crippen LogP contribution >= 0.6 is 24.2 Å². The van der Waals surface area contributed by atoms with Crippen molar-refractivity contribution < 1.29 is 4.79 Å². The molecular weight excluding hydrogens is 242 g/mol. The Labute approximate surface area is 105 Å². The van der Waals surface area contributed by atoms with Crippen molar-refractivity contribution in [2.75, 3.05) is 17.2 Å². The van der Waals surface area contributed by atoms with Gasteiger partial charge in [0.25, 0.3) is 0 Å². The van der Waals surface area contributed by atoms with Crippen molar-refractivity contribution in [2.24, 2.45) is 0 Å². The van der Waals surface area contributed by atoms with Gasteiger partial charge in [0.2, 0.25) is 5.91 Å². The van der Waals surface area contributed by atoms with E-state index in [-0.39, 0.29) is 5.91 Å². The molecule has 0 saturated carbocycles. The van der Waals surface area contributed by atoms with Gasteiger partial charge in [-0.3, -0.25) is 4.79 Å². The molecule has 2 rings (SSSR count). The van der Waals surface area contributed by atoms with E-state index in [4.69, 9.17) is 11.6 Å². The van der Waals surface area contributed by atoms with Crippen LogP contribution in [-0.4, -0.2) is 18.2 Å². The third-order valence-corrected chi connectivity index (χ3v) is 2.99. The molecule has 2 nitrogen and oxygen atoms in total. The number of hydrogen-bond acceptors (Lipinski definition) is 2. The fraction of sp³-hybridized carbons (Fsp3) is 0.250. The molecule has 0 saturated heterocycles. The van der Waals surface area contributed by atoms with Crippen LogP contribution < -0.4 is 4.90 Å². The van der Waals surface area contributed by atoms with Gasteiger partial charge in [-0.15, -0.1) is 0 Å². The van der Waals surface area contributed by atoms with Crippen molar-refractivity contribution in [1.29, 1.82) is 0 Å². The molecule has 1 aromatic rings. The normalized spacial score (nSPS) is 14.9. The molecule has 16 heavy (non-hydrogen) atoms. The monoisotopic (exact) mass is 253 g/mol. The maximum Gasteiger partial charge on any atom is 0.231 e. The second-order valence-corrected chi connectivity index (χ2v) is 4.41. The molecule has 1 aliphatic heterocycles. The highest BCUT2D eigenvalue weighted by atomic mass is 35.5. The van der Waals surface area contributed by atoms with Gasteiger partial charge in [-0.1, -0.05) is 29.8 Å². The first-order valence-electron chi connectivity index (χ1n) is 5.07. The molecule has 0 fully saturated rings. The van der Waals surface area contributed by atoms with E-state index >= 15 is 0 Å². The summed E-state index contributed by atoms with van der Waals surface area (Å²) < 4.78 is 0. The van der Waals surface area contributed by atoms with E-state index in [0.717, 1.165) is 11.3 Å². The lowest BCUT2D eigenvalue weighted by atomic mass is 10.2. The summed E-state index contributed by atoms with van der Waals surface area (Å²) in [5.74, 6) is 0.811. The lowest BCUT2D eigenvalue weighted by molar-refractivity contribution is -0.117. The summed E-state index contributed by atoms with van der Waals surface area (Å²) in [6, 6.07) is 5.58. The third kappa shape index (κ3) is 2.25. The van der Waals surface area contributed by atoms with Crippen molar-refractivity contribution in [3.8, 4) is 0 Å². The summed E-state index contributed by atoms with van der Waals surface area (Å²) in [5.41, 5.74) is 1.98. The number of fused-ring (bicyclic) bond motifs is 1. The molecule has 0 bridgehead atoms. The second kappa shape index (κ2) is 4.93. The molecule has 84 valence electrons. The van der Waals surface area contributed by atoms with Gasteiger partial charge in [0, 0.05) is 23.0 Å². The molecule has 1 amide bonds. The average Bonchev–Trinajstić information content (AvgIpc) is 2.56. The number of hydrogen-bond donors (Lipinski definition) is 1. The number of halogens is 1. The van der Waals surface area contributed by atoms with E-state index in [1.54, 1.807) is 4.90 Å². The average molecular weight is 254 g/mol. The minimum absolute atomic E-state index is 0.126. The molecule has 1 aliphatic rings. The van der Waals surface area contributed by atoms with Gasteiger partial charge < -0.3 is 4.90 Å². The lowest BCUT2D eigenvalue weighted by Gasteiger charge is -2.15. The summed E-state index contributed by atoms with van der Waals surface area (Å²) in [5, 5.41) is 0.664. The smallest absolute Gasteiger partial charge is 0.231 e. The fourth-order valence-corrected chi connectivity index (χ4v) is 2.10. The van der Waals surface area contributed by atoms with E-state index in [1.807, 2.05) is 30.4 Å². The molecule has 0 aromatic heterocycles. The van der Waals surface area contributed by atoms with E-state index in [2.05, 4.69) is 12.6 Å². The summed E-state index contributed by atoms with van der Waals surface area (Å²) in [6.07, 6.45) is 4.35. The van der Waals surface area contributed by atoms with Crippen LogP contribution in [-0.2, 0) is 11.2 Å². The summed E-state index contributed by atoms with van der Waals surface area (Å²) in [7, 11) is 0. The van der Waals surface area contributed by atoms with Gasteiger partial charge in [0.05, 0.1) is 6.42 Å². The Morgan fingerprint density at radius 2 is 2.25 bits per heavy atom. The molecule has 0 aliphatic carbocycles. The van der Waals surface area contributed by atoms with Crippen LogP contribution in [0.3, 0.4) is 0 Å². The summed E-state index contributed by atoms with van der Waals surface area (Å²) in [4.78, 5) is 13.5. The number of rotatable bonds is 3. The first-order chi connectivity index (χ1) is 7.72. The Kier molecular flexibility index (Phi) is 3.56. The van der Waals surface area contributed by atoms with Gasteiger partial charge >= 0.3 is 0 Å². The number of carbonyl (C=O) groups excluding carboxylic acids is 1. The van der Waals surface area contributed by atoms with E-state index < -0.39 is 0 Å². The van der Waals surface area contributed by atoms with E-state index in [0.29, 0.717) is 23.7 Å². The highest BCUT2D eigenvalue weighted by Gasteiger charge is 2.26. The Bertz CT molecular complexity index is 445. The maximum absolute atomic E-state index is 11.8. The van der Waals surface area contributed by atoms with Crippen molar-refractivity contribution in [2.45, 2.75) is 6.42 Å². The Morgan fingerprint density at radius 3 is 3.00 bits per heavy atom. The molecule has 0 N–H and O–H groups in total. The van der Waals surface area contributed by atoms with Crippen LogP contribution in [0.4, 0.5) is 5.69 Å². The summed E-state index contributed by atoms with van der Waals surface area (Å²) >= 11 is 10.0. The number of benzene rings is 1. The Morgan fingerprint density at radius 1 is 1.44 bits per heavy atom. The maximum atomic E-state index is 11.8. The van der Waals surface area contributed by atoms with Crippen LogP contribution in [0.15, 0.2) is 30.4 Å². The standard InChI is InChI=1S/C12H12ClNOS/c13-10-4-3-9-7-12(15)14(11(9)8-10)5-1-2-6-16/h1-4,8,16H,5-7H2. The fourth-order valence-electron chi connectivity index (χ4n) is 1.79. The predicted molar refractivity (Wildman–Crippen MR) is 70.5 cm³/mol. The molecular formula is C12H12ClNOS. The molecule has 0 unspecified atom stereocenters. The first-order valence-corrected chi connectivity index (χ1v) is 6.08. The molecule has 0 spiro atoms. The zero-order valence-corrected chi connectivity index (χ0v) is 10.3. The van der Waals surface area contributed by atoms with Crippen LogP contribution in [0.1, 0.15) is 5.56 Å². The topological polar surface area (TPSA) is 20.3 Å². The van der Waals surface area contributed by atoms with Crippen LogP contribution in [0.25, 0.3) is 0 Å². The van der Waals surface area contributed by atoms with Crippen molar-refractivity contribution in [3.05, 3.63) is 40.9 Å². The largest absolute Gasteiger partial charge is 0.308 e. The van der Waals surface area contributed by atoms with Crippen LogP contribution in [0.2, 0.25) is 5.02 Å². The Hall–Kier alpha value is -0.930. The zero-order valence-electron chi connectivity index (χ0n) is 8.69. The first kappa shape index (κ1) is 11.6. The van der Waals surface area contributed by atoms with Gasteiger partial charge in [-0.05, 0) is 17.7 Å². The molecule has 1 heterocycles. The van der Waals surface area contributed by atoms with Gasteiger partial charge in [0.15, 0.2) is 0 Å². The van der Waals surface area contributed by atoms with Crippen molar-refractivity contribution >= 4 is 35.8 Å². The number of nitrogens with zero attached hydrogens (tertiary/aromatic N) is 1. The number of thiol groups is 1. The minimum Gasteiger partial charge on any atom is -0.308 e. The molecule has 0 atom stereocenters. The van der Waals surface area contributed by atoms with Gasteiger partial charge in [0.1, 0.15) is 0 Å². The highest BCUT2D eigenvalue weighted by molar-refractivity contribution is 7.80. The van der Waals surface area contributed by atoms with Gasteiger partial charge in [-0.25, -0.2) is 0 Å². The van der Waals surface area contributed by atoms with Gasteiger partial charge in [-0.2, -0.15) is 12.6 Å². The van der Waals surface area contributed by atoms with Crippen LogP contribution in [0, 0.1) is 0 Å². The Balaban J connectivity index is 2.24. The zero-order chi connectivity index (χ0) is 11.5. The second-order valence-electron chi connectivity index (χ2n) is 3.61. The van der Waals surface area contributed by atoms with E-state index in [9.17, 15) is 4.79 Å². The van der Waals surface area contributed by atoms with Crippen molar-refractivity contribution in [1.82, 2.24) is 0 Å². The predicted octanol–water partition coefficient (Wildman–Crippen LogP) is 2.72. The molecule has 0 radical (unpaired) electrons. The highest BCUT2D eigenvalue weighted by Crippen LogP contribution is 2.31. The van der Waals surface area contributed by atoms with Crippen molar-refractivity contribution in [3.63, 3.8) is 0 Å². The summed E-state index contributed by atoms with van der Waals surface area (Å²) in [6.45, 7) is 0.590. The number of anilines is 1. The third-order valence-electron chi connectivity index (χ3n) is 2.54. The lowest BCUT2D eigenvalue weighted by Crippen LogP contribution is -2.26.